The van der Waals surface area contributed by atoms with Crippen molar-refractivity contribution >= 4 is 28.7 Å². The molecule has 94 valence electrons. The van der Waals surface area contributed by atoms with Gasteiger partial charge in [-0.1, -0.05) is 30.3 Å². The summed E-state index contributed by atoms with van der Waals surface area (Å²) in [6.45, 7) is 0. The lowest BCUT2D eigenvalue weighted by Crippen LogP contribution is -2.10. The largest absolute Gasteiger partial charge is 0.325 e. The number of ketones is 1. The van der Waals surface area contributed by atoms with Crippen molar-refractivity contribution in [3.63, 3.8) is 0 Å². The Balaban J connectivity index is 1.84. The van der Waals surface area contributed by atoms with Crippen LogP contribution in [0.2, 0.25) is 0 Å². The van der Waals surface area contributed by atoms with Crippen molar-refractivity contribution in [2.24, 2.45) is 0 Å². The SMILES string of the molecule is O=C(/C=C/C1C(=O)Nc2ccccc21)c1cccs1. The van der Waals surface area contributed by atoms with Crippen LogP contribution in [0.1, 0.15) is 21.2 Å². The van der Waals surface area contributed by atoms with Gasteiger partial charge in [-0.05, 0) is 29.2 Å². The highest BCUT2D eigenvalue weighted by atomic mass is 32.1. The molecule has 1 N–H and O–H groups in total. The van der Waals surface area contributed by atoms with E-state index in [0.29, 0.717) is 4.88 Å². The molecule has 1 amide bonds. The number of hydrogen-bond acceptors (Lipinski definition) is 3. The second-order valence-corrected chi connectivity index (χ2v) is 5.20. The van der Waals surface area contributed by atoms with E-state index in [1.807, 2.05) is 35.7 Å². The Hall–Kier alpha value is -2.20. The first-order valence-electron chi connectivity index (χ1n) is 5.91. The lowest BCUT2D eigenvalue weighted by molar-refractivity contribution is -0.116. The molecular weight excluding hydrogens is 258 g/mol. The van der Waals surface area contributed by atoms with E-state index in [2.05, 4.69) is 5.32 Å². The number of allylic oxidation sites excluding steroid dienone is 1. The molecule has 2 aromatic rings. The summed E-state index contributed by atoms with van der Waals surface area (Å²) in [5.41, 5.74) is 1.74. The fourth-order valence-electron chi connectivity index (χ4n) is 2.11. The molecule has 1 unspecified atom stereocenters. The minimum absolute atomic E-state index is 0.0628. The average Bonchev–Trinajstić information content (AvgIpc) is 3.03. The zero-order valence-electron chi connectivity index (χ0n) is 10.00. The van der Waals surface area contributed by atoms with E-state index >= 15 is 0 Å². The van der Waals surface area contributed by atoms with Crippen LogP contribution in [0.25, 0.3) is 0 Å². The van der Waals surface area contributed by atoms with Gasteiger partial charge in [0, 0.05) is 5.69 Å². The van der Waals surface area contributed by atoms with Crippen molar-refractivity contribution in [3.05, 3.63) is 64.4 Å². The van der Waals surface area contributed by atoms with Gasteiger partial charge in [-0.2, -0.15) is 0 Å². The van der Waals surface area contributed by atoms with Crippen molar-refractivity contribution < 1.29 is 9.59 Å². The number of para-hydroxylation sites is 1. The molecule has 1 aromatic heterocycles. The van der Waals surface area contributed by atoms with E-state index in [-0.39, 0.29) is 17.6 Å². The van der Waals surface area contributed by atoms with Crippen LogP contribution in [0.5, 0.6) is 0 Å². The summed E-state index contributed by atoms with van der Waals surface area (Å²) in [4.78, 5) is 24.4. The second-order valence-electron chi connectivity index (χ2n) is 4.25. The Morgan fingerprint density at radius 3 is 2.84 bits per heavy atom. The molecule has 0 spiro atoms. The third-order valence-corrected chi connectivity index (χ3v) is 3.92. The Bertz CT molecular complexity index is 659. The highest BCUT2D eigenvalue weighted by Gasteiger charge is 2.27. The van der Waals surface area contributed by atoms with Gasteiger partial charge >= 0.3 is 0 Å². The first-order valence-corrected chi connectivity index (χ1v) is 6.79. The normalized spacial score (nSPS) is 17.5. The number of carbonyl (C=O) groups is 2. The fourth-order valence-corrected chi connectivity index (χ4v) is 2.75. The summed E-state index contributed by atoms with van der Waals surface area (Å²) < 4.78 is 0. The minimum Gasteiger partial charge on any atom is -0.325 e. The van der Waals surface area contributed by atoms with Gasteiger partial charge in [-0.3, -0.25) is 9.59 Å². The van der Waals surface area contributed by atoms with Gasteiger partial charge in [0.2, 0.25) is 5.91 Å². The van der Waals surface area contributed by atoms with Crippen molar-refractivity contribution in [1.82, 2.24) is 0 Å². The van der Waals surface area contributed by atoms with E-state index in [4.69, 9.17) is 0 Å². The van der Waals surface area contributed by atoms with Gasteiger partial charge in [-0.15, -0.1) is 11.3 Å². The van der Waals surface area contributed by atoms with E-state index in [1.54, 1.807) is 12.1 Å². The highest BCUT2D eigenvalue weighted by Crippen LogP contribution is 2.32. The predicted molar refractivity (Wildman–Crippen MR) is 75.6 cm³/mol. The monoisotopic (exact) mass is 269 g/mol. The van der Waals surface area contributed by atoms with E-state index < -0.39 is 0 Å². The van der Waals surface area contributed by atoms with Crippen LogP contribution < -0.4 is 5.32 Å². The van der Waals surface area contributed by atoms with Crippen LogP contribution >= 0.6 is 11.3 Å². The van der Waals surface area contributed by atoms with Gasteiger partial charge in [0.25, 0.3) is 0 Å². The molecule has 0 aliphatic carbocycles. The summed E-state index contributed by atoms with van der Waals surface area (Å²) in [6.07, 6.45) is 3.15. The number of benzene rings is 1. The van der Waals surface area contributed by atoms with Crippen LogP contribution in [-0.4, -0.2) is 11.7 Å². The summed E-state index contributed by atoms with van der Waals surface area (Å²) in [7, 11) is 0. The van der Waals surface area contributed by atoms with Gasteiger partial charge in [0.15, 0.2) is 5.78 Å². The molecule has 1 atom stereocenters. The molecule has 0 saturated heterocycles. The van der Waals surface area contributed by atoms with Gasteiger partial charge in [-0.25, -0.2) is 0 Å². The maximum atomic E-state index is 11.9. The summed E-state index contributed by atoms with van der Waals surface area (Å²) in [6, 6.07) is 11.1. The highest BCUT2D eigenvalue weighted by molar-refractivity contribution is 7.12. The fraction of sp³-hybridized carbons (Fsp3) is 0.0667. The van der Waals surface area contributed by atoms with E-state index in [0.717, 1.165) is 11.3 Å². The number of nitrogens with one attached hydrogen (secondary N) is 1. The summed E-state index contributed by atoms with van der Waals surface area (Å²) >= 11 is 1.40. The molecule has 3 rings (SSSR count). The standard InChI is InChI=1S/C15H11NO2S/c17-13(14-6-3-9-19-14)8-7-11-10-4-1-2-5-12(10)16-15(11)18/h1-9,11H,(H,16,18)/b8-7+. The van der Waals surface area contributed by atoms with Crippen LogP contribution in [0, 0.1) is 0 Å². The van der Waals surface area contributed by atoms with Gasteiger partial charge < -0.3 is 5.32 Å². The first-order chi connectivity index (χ1) is 9.25. The molecule has 2 heterocycles. The number of carbonyl (C=O) groups excluding carboxylic acids is 2. The molecule has 0 fully saturated rings. The van der Waals surface area contributed by atoms with Gasteiger partial charge in [0.1, 0.15) is 0 Å². The zero-order valence-corrected chi connectivity index (χ0v) is 10.8. The molecule has 1 aliphatic heterocycles. The molecule has 1 aliphatic rings. The maximum Gasteiger partial charge on any atom is 0.235 e. The Kier molecular flexibility index (Phi) is 3.01. The minimum atomic E-state index is -0.375. The zero-order chi connectivity index (χ0) is 13.2. The van der Waals surface area contributed by atoms with Crippen molar-refractivity contribution in [1.29, 1.82) is 0 Å². The number of anilines is 1. The maximum absolute atomic E-state index is 11.9. The lowest BCUT2D eigenvalue weighted by atomic mass is 10.00. The summed E-state index contributed by atoms with van der Waals surface area (Å²) in [5.74, 6) is -0.524. The Morgan fingerprint density at radius 1 is 1.21 bits per heavy atom. The second kappa shape index (κ2) is 4.82. The van der Waals surface area contributed by atoms with E-state index in [9.17, 15) is 9.59 Å². The van der Waals surface area contributed by atoms with Crippen LogP contribution in [-0.2, 0) is 4.79 Å². The van der Waals surface area contributed by atoms with Crippen LogP contribution in [0.4, 0.5) is 5.69 Å². The van der Waals surface area contributed by atoms with Crippen LogP contribution in [0.3, 0.4) is 0 Å². The molecule has 0 bridgehead atoms. The number of rotatable bonds is 3. The molecule has 3 nitrogen and oxygen atoms in total. The Morgan fingerprint density at radius 2 is 2.05 bits per heavy atom. The first kappa shape index (κ1) is 11.9. The van der Waals surface area contributed by atoms with Crippen molar-refractivity contribution in [3.8, 4) is 0 Å². The predicted octanol–water partition coefficient (Wildman–Crippen LogP) is 3.22. The molecule has 0 saturated carbocycles. The molecule has 19 heavy (non-hydrogen) atoms. The van der Waals surface area contributed by atoms with Crippen LogP contribution in [0.15, 0.2) is 53.9 Å². The van der Waals surface area contributed by atoms with Crippen molar-refractivity contribution in [2.45, 2.75) is 5.92 Å². The number of hydrogen-bond donors (Lipinski definition) is 1. The Labute approximate surface area is 114 Å². The molecule has 0 radical (unpaired) electrons. The molecule has 4 heteroatoms. The number of fused-ring (bicyclic) bond motifs is 1. The third kappa shape index (κ3) is 2.22. The third-order valence-electron chi connectivity index (χ3n) is 3.04. The quantitative estimate of drug-likeness (QED) is 0.687. The van der Waals surface area contributed by atoms with Gasteiger partial charge in [0.05, 0.1) is 10.8 Å². The average molecular weight is 269 g/mol. The summed E-state index contributed by atoms with van der Waals surface area (Å²) in [5, 5.41) is 4.67. The lowest BCUT2D eigenvalue weighted by Gasteiger charge is -2.01. The van der Waals surface area contributed by atoms with Crippen molar-refractivity contribution in [2.75, 3.05) is 5.32 Å². The topological polar surface area (TPSA) is 46.2 Å². The molecular formula is C15H11NO2S. The smallest absolute Gasteiger partial charge is 0.235 e. The molecule has 1 aromatic carbocycles. The number of amides is 1. The van der Waals surface area contributed by atoms with E-state index in [1.165, 1.54) is 17.4 Å². The number of thiophene rings is 1.